The first-order chi connectivity index (χ1) is 9.16. The summed E-state index contributed by atoms with van der Waals surface area (Å²) in [6.45, 7) is 1.84. The first kappa shape index (κ1) is 11.3. The third-order valence-electron chi connectivity index (χ3n) is 5.56. The molecule has 0 amide bonds. The van der Waals surface area contributed by atoms with Gasteiger partial charge in [-0.3, -0.25) is 10.1 Å². The van der Waals surface area contributed by atoms with Gasteiger partial charge in [-0.25, -0.2) is 0 Å². The van der Waals surface area contributed by atoms with Crippen molar-refractivity contribution in [3.05, 3.63) is 33.9 Å². The number of rotatable bonds is 3. The van der Waals surface area contributed by atoms with Crippen LogP contribution in [0.4, 0.5) is 11.4 Å². The maximum Gasteiger partial charge on any atom is 0.274 e. The van der Waals surface area contributed by atoms with E-state index in [2.05, 4.69) is 5.32 Å². The molecule has 2 bridgehead atoms. The van der Waals surface area contributed by atoms with E-state index in [0.717, 1.165) is 34.9 Å². The smallest absolute Gasteiger partial charge is 0.274 e. The summed E-state index contributed by atoms with van der Waals surface area (Å²) in [6, 6.07) is 5.91. The number of hydrogen-bond acceptors (Lipinski definition) is 3. The molecule has 3 aliphatic carbocycles. The molecule has 4 unspecified atom stereocenters. The van der Waals surface area contributed by atoms with Gasteiger partial charge in [-0.15, -0.1) is 0 Å². The van der Waals surface area contributed by atoms with Crippen LogP contribution in [0.2, 0.25) is 0 Å². The highest BCUT2D eigenvalue weighted by Gasteiger charge is 2.65. The molecule has 100 valence electrons. The van der Waals surface area contributed by atoms with E-state index in [1.807, 2.05) is 13.0 Å². The fraction of sp³-hybridized carbons (Fsp3) is 0.600. The summed E-state index contributed by atoms with van der Waals surface area (Å²) < 4.78 is 0. The van der Waals surface area contributed by atoms with Crippen LogP contribution in [-0.2, 0) is 0 Å². The van der Waals surface area contributed by atoms with Gasteiger partial charge in [-0.05, 0) is 55.9 Å². The van der Waals surface area contributed by atoms with Gasteiger partial charge < -0.3 is 5.32 Å². The quantitative estimate of drug-likeness (QED) is 0.668. The van der Waals surface area contributed by atoms with Gasteiger partial charge in [0, 0.05) is 23.4 Å². The number of anilines is 1. The third-order valence-corrected chi connectivity index (χ3v) is 5.56. The Morgan fingerprint density at radius 3 is 2.58 bits per heavy atom. The molecule has 0 spiro atoms. The Morgan fingerprint density at radius 1 is 1.26 bits per heavy atom. The second-order valence-corrected chi connectivity index (χ2v) is 6.36. The fourth-order valence-corrected chi connectivity index (χ4v) is 4.68. The third kappa shape index (κ3) is 1.52. The highest BCUT2D eigenvalue weighted by Crippen LogP contribution is 2.66. The predicted molar refractivity (Wildman–Crippen MR) is 73.1 cm³/mol. The average molecular weight is 258 g/mol. The molecule has 4 atom stereocenters. The second kappa shape index (κ2) is 3.71. The van der Waals surface area contributed by atoms with E-state index >= 15 is 0 Å². The number of nitro benzene ring substituents is 1. The summed E-state index contributed by atoms with van der Waals surface area (Å²) in [5.41, 5.74) is 1.94. The molecule has 4 heteroatoms. The maximum absolute atomic E-state index is 11.0. The van der Waals surface area contributed by atoms with Crippen LogP contribution in [0.25, 0.3) is 0 Å². The van der Waals surface area contributed by atoms with Gasteiger partial charge in [-0.2, -0.15) is 0 Å². The second-order valence-electron chi connectivity index (χ2n) is 6.36. The molecule has 1 aromatic carbocycles. The van der Waals surface area contributed by atoms with Gasteiger partial charge in [0.05, 0.1) is 4.92 Å². The normalized spacial score (nSPS) is 38.1. The molecule has 19 heavy (non-hydrogen) atoms. The lowest BCUT2D eigenvalue weighted by Crippen LogP contribution is -2.13. The summed E-state index contributed by atoms with van der Waals surface area (Å²) in [4.78, 5) is 10.7. The van der Waals surface area contributed by atoms with Crippen LogP contribution in [0.1, 0.15) is 24.8 Å². The van der Waals surface area contributed by atoms with E-state index < -0.39 is 0 Å². The van der Waals surface area contributed by atoms with E-state index in [1.165, 1.54) is 19.3 Å². The van der Waals surface area contributed by atoms with Crippen LogP contribution in [0.15, 0.2) is 18.2 Å². The molecule has 0 aliphatic heterocycles. The van der Waals surface area contributed by atoms with Crippen molar-refractivity contribution >= 4 is 11.4 Å². The van der Waals surface area contributed by atoms with Gasteiger partial charge in [0.2, 0.25) is 0 Å². The van der Waals surface area contributed by atoms with Crippen LogP contribution in [-0.4, -0.2) is 11.0 Å². The molecule has 4 nitrogen and oxygen atoms in total. The molecule has 3 saturated carbocycles. The predicted octanol–water partition coefficient (Wildman–Crippen LogP) is 3.36. The molecule has 3 aliphatic rings. The number of nitrogens with zero attached hydrogens (tertiary/aromatic N) is 1. The summed E-state index contributed by atoms with van der Waals surface area (Å²) in [5.74, 6) is 3.54. The van der Waals surface area contributed by atoms with Crippen molar-refractivity contribution in [2.24, 2.45) is 23.7 Å². The van der Waals surface area contributed by atoms with Gasteiger partial charge in [0.15, 0.2) is 0 Å². The van der Waals surface area contributed by atoms with Gasteiger partial charge in [0.25, 0.3) is 5.69 Å². The van der Waals surface area contributed by atoms with Gasteiger partial charge >= 0.3 is 0 Å². The Morgan fingerprint density at radius 2 is 1.95 bits per heavy atom. The Bertz CT molecular complexity index is 541. The first-order valence-corrected chi connectivity index (χ1v) is 7.17. The minimum absolute atomic E-state index is 0.221. The lowest BCUT2D eigenvalue weighted by Gasteiger charge is -2.13. The standard InChI is InChI=1S/C15H18N2O2/c1-8-11(3-2-4-12(8)17(18)19)16-15-13-9-5-6-10(7-9)14(13)15/h2-4,9-10,13-16H,5-7H2,1H3. The Hall–Kier alpha value is -1.58. The number of nitro groups is 1. The largest absolute Gasteiger partial charge is 0.381 e. The molecule has 0 heterocycles. The van der Waals surface area contributed by atoms with E-state index in [4.69, 9.17) is 0 Å². The molecule has 0 aromatic heterocycles. The summed E-state index contributed by atoms with van der Waals surface area (Å²) in [6.07, 6.45) is 4.23. The molecule has 0 saturated heterocycles. The molecule has 3 fully saturated rings. The van der Waals surface area contributed by atoms with Crippen LogP contribution in [0.5, 0.6) is 0 Å². The van der Waals surface area contributed by atoms with Crippen molar-refractivity contribution in [1.82, 2.24) is 0 Å². The van der Waals surface area contributed by atoms with Crippen molar-refractivity contribution in [3.8, 4) is 0 Å². The lowest BCUT2D eigenvalue weighted by molar-refractivity contribution is -0.385. The fourth-order valence-electron chi connectivity index (χ4n) is 4.68. The van der Waals surface area contributed by atoms with Crippen LogP contribution < -0.4 is 5.32 Å². The van der Waals surface area contributed by atoms with E-state index in [9.17, 15) is 10.1 Å². The lowest BCUT2D eigenvalue weighted by atomic mass is 10.0. The Kier molecular flexibility index (Phi) is 2.20. The molecular weight excluding hydrogens is 240 g/mol. The van der Waals surface area contributed by atoms with Crippen LogP contribution in [0.3, 0.4) is 0 Å². The van der Waals surface area contributed by atoms with Crippen molar-refractivity contribution < 1.29 is 4.92 Å². The van der Waals surface area contributed by atoms with Crippen LogP contribution >= 0.6 is 0 Å². The molecule has 1 aromatic rings. The molecule has 1 N–H and O–H groups in total. The summed E-state index contributed by atoms with van der Waals surface area (Å²) in [5, 5.41) is 14.5. The van der Waals surface area contributed by atoms with E-state index in [-0.39, 0.29) is 10.6 Å². The van der Waals surface area contributed by atoms with E-state index in [0.29, 0.717) is 6.04 Å². The van der Waals surface area contributed by atoms with Gasteiger partial charge in [-0.1, -0.05) is 6.07 Å². The number of nitrogens with one attached hydrogen (secondary N) is 1. The number of fused-ring (bicyclic) bond motifs is 5. The van der Waals surface area contributed by atoms with Crippen molar-refractivity contribution in [2.45, 2.75) is 32.2 Å². The highest BCUT2D eigenvalue weighted by atomic mass is 16.6. The minimum Gasteiger partial charge on any atom is -0.381 e. The summed E-state index contributed by atoms with van der Waals surface area (Å²) >= 11 is 0. The van der Waals surface area contributed by atoms with Crippen molar-refractivity contribution in [1.29, 1.82) is 0 Å². The molecule has 4 rings (SSSR count). The van der Waals surface area contributed by atoms with E-state index in [1.54, 1.807) is 12.1 Å². The minimum atomic E-state index is -0.294. The Balaban J connectivity index is 1.56. The molecule has 0 radical (unpaired) electrons. The topological polar surface area (TPSA) is 55.2 Å². The zero-order valence-corrected chi connectivity index (χ0v) is 11.0. The van der Waals surface area contributed by atoms with Crippen LogP contribution in [0, 0.1) is 40.7 Å². The van der Waals surface area contributed by atoms with Crippen molar-refractivity contribution in [2.75, 3.05) is 5.32 Å². The Labute approximate surface area is 112 Å². The first-order valence-electron chi connectivity index (χ1n) is 7.17. The zero-order chi connectivity index (χ0) is 13.1. The highest BCUT2D eigenvalue weighted by molar-refractivity contribution is 5.61. The summed E-state index contributed by atoms with van der Waals surface area (Å²) in [7, 11) is 0. The van der Waals surface area contributed by atoms with Crippen molar-refractivity contribution in [3.63, 3.8) is 0 Å². The van der Waals surface area contributed by atoms with Gasteiger partial charge in [0.1, 0.15) is 0 Å². The number of benzene rings is 1. The monoisotopic (exact) mass is 258 g/mol. The maximum atomic E-state index is 11.0. The zero-order valence-electron chi connectivity index (χ0n) is 11.0. The number of hydrogen-bond donors (Lipinski definition) is 1. The average Bonchev–Trinajstić information content (AvgIpc) is 2.79. The molecular formula is C15H18N2O2. The SMILES string of the molecule is Cc1c(NC2C3C4CCC(C4)C23)cccc1[N+](=O)[O-].